The summed E-state index contributed by atoms with van der Waals surface area (Å²) in [6.07, 6.45) is 0.523. The SMILES string of the molecule is CCCC1CCCCC1C(F)(F)F. The molecule has 0 nitrogen and oxygen atoms in total. The fraction of sp³-hybridized carbons (Fsp3) is 1.00. The fourth-order valence-electron chi connectivity index (χ4n) is 2.35. The topological polar surface area (TPSA) is 0 Å². The van der Waals surface area contributed by atoms with Crippen LogP contribution in [0.3, 0.4) is 0 Å². The summed E-state index contributed by atoms with van der Waals surface area (Å²) in [6, 6.07) is 0. The molecule has 13 heavy (non-hydrogen) atoms. The Morgan fingerprint density at radius 3 is 2.31 bits per heavy atom. The van der Waals surface area contributed by atoms with Crippen molar-refractivity contribution in [3.05, 3.63) is 0 Å². The molecule has 0 aromatic rings. The molecule has 0 radical (unpaired) electrons. The lowest BCUT2D eigenvalue weighted by atomic mass is 9.76. The Hall–Kier alpha value is -0.210. The molecule has 0 amide bonds. The van der Waals surface area contributed by atoms with Crippen LogP contribution in [0.25, 0.3) is 0 Å². The Bertz CT molecular complexity index is 149. The number of rotatable bonds is 2. The molecule has 3 heteroatoms. The summed E-state index contributed by atoms with van der Waals surface area (Å²) in [7, 11) is 0. The van der Waals surface area contributed by atoms with Gasteiger partial charge < -0.3 is 0 Å². The molecule has 0 N–H and O–H groups in total. The second-order valence-corrected chi connectivity index (χ2v) is 3.98. The second-order valence-electron chi connectivity index (χ2n) is 3.98. The molecular weight excluding hydrogens is 177 g/mol. The molecular formula is C10H17F3. The minimum absolute atomic E-state index is 0.0984. The third-order valence-corrected chi connectivity index (χ3v) is 2.99. The van der Waals surface area contributed by atoms with Gasteiger partial charge in [-0.1, -0.05) is 32.6 Å². The Morgan fingerprint density at radius 1 is 1.15 bits per heavy atom. The Balaban J connectivity index is 2.56. The molecule has 0 heterocycles. The normalized spacial score (nSPS) is 30.5. The third kappa shape index (κ3) is 2.89. The lowest BCUT2D eigenvalue weighted by Gasteiger charge is -2.32. The van der Waals surface area contributed by atoms with E-state index in [0.717, 1.165) is 32.1 Å². The van der Waals surface area contributed by atoms with E-state index in [4.69, 9.17) is 0 Å². The first kappa shape index (κ1) is 10.9. The van der Waals surface area contributed by atoms with E-state index in [-0.39, 0.29) is 5.92 Å². The maximum atomic E-state index is 12.5. The smallest absolute Gasteiger partial charge is 0.171 e. The van der Waals surface area contributed by atoms with Crippen LogP contribution in [0.1, 0.15) is 45.4 Å². The van der Waals surface area contributed by atoms with Crippen LogP contribution >= 0.6 is 0 Å². The van der Waals surface area contributed by atoms with Crippen molar-refractivity contribution in [3.63, 3.8) is 0 Å². The largest absolute Gasteiger partial charge is 0.392 e. The summed E-state index contributed by atoms with van der Waals surface area (Å²) >= 11 is 0. The lowest BCUT2D eigenvalue weighted by molar-refractivity contribution is -0.196. The average molecular weight is 194 g/mol. The zero-order valence-electron chi connectivity index (χ0n) is 8.03. The van der Waals surface area contributed by atoms with Crippen LogP contribution in [0.4, 0.5) is 13.2 Å². The summed E-state index contributed by atoms with van der Waals surface area (Å²) < 4.78 is 37.5. The van der Waals surface area contributed by atoms with Gasteiger partial charge in [-0.3, -0.25) is 0 Å². The third-order valence-electron chi connectivity index (χ3n) is 2.99. The predicted octanol–water partition coefficient (Wildman–Crippen LogP) is 4.16. The van der Waals surface area contributed by atoms with E-state index in [0.29, 0.717) is 6.42 Å². The Morgan fingerprint density at radius 2 is 1.77 bits per heavy atom. The van der Waals surface area contributed by atoms with Gasteiger partial charge in [0.15, 0.2) is 0 Å². The van der Waals surface area contributed by atoms with Crippen molar-refractivity contribution < 1.29 is 13.2 Å². The average Bonchev–Trinajstić information content (AvgIpc) is 2.04. The van der Waals surface area contributed by atoms with Gasteiger partial charge in [-0.25, -0.2) is 0 Å². The molecule has 1 aliphatic rings. The van der Waals surface area contributed by atoms with Crippen molar-refractivity contribution in [2.45, 2.75) is 51.6 Å². The summed E-state index contributed by atoms with van der Waals surface area (Å²) in [5.74, 6) is -1.11. The maximum Gasteiger partial charge on any atom is 0.392 e. The molecule has 0 aliphatic heterocycles. The van der Waals surface area contributed by atoms with Crippen LogP contribution < -0.4 is 0 Å². The molecule has 1 saturated carbocycles. The Labute approximate surface area is 77.5 Å². The van der Waals surface area contributed by atoms with Crippen LogP contribution in [0.2, 0.25) is 0 Å². The highest BCUT2D eigenvalue weighted by atomic mass is 19.4. The standard InChI is InChI=1S/C10H17F3/c1-2-5-8-6-3-4-7-9(8)10(11,12)13/h8-9H,2-7H2,1H3. The van der Waals surface area contributed by atoms with Crippen molar-refractivity contribution in [3.8, 4) is 0 Å². The maximum absolute atomic E-state index is 12.5. The van der Waals surface area contributed by atoms with E-state index in [1.54, 1.807) is 0 Å². The van der Waals surface area contributed by atoms with Gasteiger partial charge in [0.05, 0.1) is 5.92 Å². The second kappa shape index (κ2) is 4.34. The molecule has 0 aromatic carbocycles. The molecule has 1 rings (SSSR count). The van der Waals surface area contributed by atoms with Gasteiger partial charge in [-0.2, -0.15) is 13.2 Å². The van der Waals surface area contributed by atoms with Crippen LogP contribution in [-0.4, -0.2) is 6.18 Å². The van der Waals surface area contributed by atoms with Gasteiger partial charge in [0, 0.05) is 0 Å². The Kier molecular flexibility index (Phi) is 3.63. The molecule has 0 aromatic heterocycles. The monoisotopic (exact) mass is 194 g/mol. The zero-order valence-corrected chi connectivity index (χ0v) is 8.03. The van der Waals surface area contributed by atoms with E-state index < -0.39 is 12.1 Å². The highest BCUT2D eigenvalue weighted by molar-refractivity contribution is 4.80. The molecule has 0 saturated heterocycles. The summed E-state index contributed by atoms with van der Waals surface area (Å²) in [5.41, 5.74) is 0. The predicted molar refractivity (Wildman–Crippen MR) is 46.4 cm³/mol. The van der Waals surface area contributed by atoms with Crippen LogP contribution in [0, 0.1) is 11.8 Å². The van der Waals surface area contributed by atoms with Crippen molar-refractivity contribution in [1.82, 2.24) is 0 Å². The minimum Gasteiger partial charge on any atom is -0.171 e. The van der Waals surface area contributed by atoms with E-state index >= 15 is 0 Å². The quantitative estimate of drug-likeness (QED) is 0.619. The highest BCUT2D eigenvalue weighted by Gasteiger charge is 2.44. The molecule has 0 bridgehead atoms. The molecule has 2 unspecified atom stereocenters. The molecule has 1 aliphatic carbocycles. The lowest BCUT2D eigenvalue weighted by Crippen LogP contribution is -2.32. The van der Waals surface area contributed by atoms with E-state index in [1.165, 1.54) is 0 Å². The van der Waals surface area contributed by atoms with Crippen molar-refractivity contribution in [2.75, 3.05) is 0 Å². The number of hydrogen-bond acceptors (Lipinski definition) is 0. The summed E-state index contributed by atoms with van der Waals surface area (Å²) in [5, 5.41) is 0. The van der Waals surface area contributed by atoms with Gasteiger partial charge in [-0.15, -0.1) is 0 Å². The van der Waals surface area contributed by atoms with Crippen molar-refractivity contribution >= 4 is 0 Å². The van der Waals surface area contributed by atoms with Crippen molar-refractivity contribution in [2.24, 2.45) is 11.8 Å². The molecule has 2 atom stereocenters. The molecule has 78 valence electrons. The van der Waals surface area contributed by atoms with Gasteiger partial charge in [0.25, 0.3) is 0 Å². The van der Waals surface area contributed by atoms with E-state index in [2.05, 4.69) is 0 Å². The van der Waals surface area contributed by atoms with E-state index in [1.807, 2.05) is 6.92 Å². The molecule has 1 fully saturated rings. The first-order chi connectivity index (χ1) is 6.05. The first-order valence-corrected chi connectivity index (χ1v) is 5.12. The van der Waals surface area contributed by atoms with Gasteiger partial charge >= 0.3 is 6.18 Å². The zero-order chi connectivity index (χ0) is 9.90. The highest BCUT2D eigenvalue weighted by Crippen LogP contribution is 2.43. The van der Waals surface area contributed by atoms with Crippen molar-refractivity contribution in [1.29, 1.82) is 0 Å². The van der Waals surface area contributed by atoms with E-state index in [9.17, 15) is 13.2 Å². The minimum atomic E-state index is -3.96. The van der Waals surface area contributed by atoms with Gasteiger partial charge in [-0.05, 0) is 18.8 Å². The number of hydrogen-bond donors (Lipinski definition) is 0. The van der Waals surface area contributed by atoms with Gasteiger partial charge in [0.1, 0.15) is 0 Å². The first-order valence-electron chi connectivity index (χ1n) is 5.12. The van der Waals surface area contributed by atoms with Gasteiger partial charge in [0.2, 0.25) is 0 Å². The summed E-state index contributed by atoms with van der Waals surface area (Å²) in [4.78, 5) is 0. The number of alkyl halides is 3. The molecule has 0 spiro atoms. The fourth-order valence-corrected chi connectivity index (χ4v) is 2.35. The van der Waals surface area contributed by atoms with Crippen LogP contribution in [-0.2, 0) is 0 Å². The van der Waals surface area contributed by atoms with Crippen LogP contribution in [0.5, 0.6) is 0 Å². The van der Waals surface area contributed by atoms with Crippen LogP contribution in [0.15, 0.2) is 0 Å². The summed E-state index contributed by atoms with van der Waals surface area (Å²) in [6.45, 7) is 1.96. The number of halogens is 3.